The molecule has 200 valence electrons. The van der Waals surface area contributed by atoms with Gasteiger partial charge in [-0.25, -0.2) is 0 Å². The summed E-state index contributed by atoms with van der Waals surface area (Å²) in [6.45, 7) is 3.98. The van der Waals surface area contributed by atoms with Gasteiger partial charge in [0.25, 0.3) is 0 Å². The summed E-state index contributed by atoms with van der Waals surface area (Å²) >= 11 is 0. The Bertz CT molecular complexity index is 1120. The van der Waals surface area contributed by atoms with Crippen LogP contribution in [0.25, 0.3) is 22.3 Å². The van der Waals surface area contributed by atoms with Gasteiger partial charge in [0.15, 0.2) is 0 Å². The number of aryl methyl sites for hydroxylation is 3. The maximum atomic E-state index is 14.1. The van der Waals surface area contributed by atoms with E-state index in [0.717, 1.165) is 29.5 Å². The van der Waals surface area contributed by atoms with E-state index in [4.69, 9.17) is 0 Å². The number of unbranched alkanes of at least 4 members (excludes halogenated alkanes) is 2. The normalized spacial score (nSPS) is 11.9. The lowest BCUT2D eigenvalue weighted by Crippen LogP contribution is -2.11. The molecule has 0 bridgehead atoms. The Hall–Kier alpha value is -2.63. The Labute approximate surface area is 219 Å². The average molecular weight is 513 g/mol. The van der Waals surface area contributed by atoms with E-state index >= 15 is 0 Å². The third kappa shape index (κ3) is 7.93. The van der Waals surface area contributed by atoms with Gasteiger partial charge in [0, 0.05) is 19.1 Å². The number of alkyl halides is 3. The molecule has 0 spiro atoms. The molecule has 37 heavy (non-hydrogen) atoms. The van der Waals surface area contributed by atoms with Crippen LogP contribution in [0.3, 0.4) is 0 Å². The van der Waals surface area contributed by atoms with Crippen LogP contribution < -0.4 is 0 Å². The molecular weight excluding hydrogens is 473 g/mol. The second kappa shape index (κ2) is 13.8. The Morgan fingerprint density at radius 3 is 1.95 bits per heavy atom. The first kappa shape index (κ1) is 28.9. The molecule has 0 amide bonds. The molecular formula is C32H39F3O2. The van der Waals surface area contributed by atoms with Gasteiger partial charge in [0.2, 0.25) is 0 Å². The average Bonchev–Trinajstić information content (AvgIpc) is 2.91. The molecule has 0 aliphatic rings. The van der Waals surface area contributed by atoms with Gasteiger partial charge >= 0.3 is 6.18 Å². The number of aliphatic hydroxyl groups excluding tert-OH is 2. The van der Waals surface area contributed by atoms with Crippen molar-refractivity contribution in [3.05, 3.63) is 82.9 Å². The largest absolute Gasteiger partial charge is 0.417 e. The highest BCUT2D eigenvalue weighted by Crippen LogP contribution is 2.39. The quantitative estimate of drug-likeness (QED) is 0.226. The molecule has 2 N–H and O–H groups in total. The molecule has 2 nitrogen and oxygen atoms in total. The summed E-state index contributed by atoms with van der Waals surface area (Å²) in [5, 5.41) is 18.4. The zero-order valence-corrected chi connectivity index (χ0v) is 22.0. The fraction of sp³-hybridized carbons (Fsp3) is 0.438. The van der Waals surface area contributed by atoms with Gasteiger partial charge in [0.05, 0.1) is 5.56 Å². The van der Waals surface area contributed by atoms with Gasteiger partial charge in [-0.1, -0.05) is 81.3 Å². The van der Waals surface area contributed by atoms with Crippen molar-refractivity contribution < 1.29 is 23.4 Å². The number of hydrogen-bond acceptors (Lipinski definition) is 2. The zero-order chi connectivity index (χ0) is 26.8. The first-order valence-electron chi connectivity index (χ1n) is 13.4. The second-order valence-corrected chi connectivity index (χ2v) is 9.88. The molecule has 0 fully saturated rings. The first-order chi connectivity index (χ1) is 17.8. The molecule has 0 aliphatic heterocycles. The standard InChI is InChI=1S/C32H39F3O2/c1-3-5-6-8-23-11-14-27(15-12-23)29-18-16-28(20-26(29)4-2)30-17-13-24(19-31(30)32(33,34)35)9-7-10-25(21-36)22-37/h11-20,25,36-37H,3-10,21-22H2,1-2H3. The Kier molecular flexibility index (Phi) is 10.8. The lowest BCUT2D eigenvalue weighted by atomic mass is 9.90. The number of aliphatic hydroxyl groups is 2. The second-order valence-electron chi connectivity index (χ2n) is 9.88. The van der Waals surface area contributed by atoms with Crippen molar-refractivity contribution in [1.82, 2.24) is 0 Å². The van der Waals surface area contributed by atoms with Crippen molar-refractivity contribution in [2.24, 2.45) is 5.92 Å². The summed E-state index contributed by atoms with van der Waals surface area (Å²) in [4.78, 5) is 0. The van der Waals surface area contributed by atoms with Crippen LogP contribution in [0.1, 0.15) is 68.2 Å². The Balaban J connectivity index is 1.86. The summed E-state index contributed by atoms with van der Waals surface area (Å²) in [5.74, 6) is -0.232. The molecule has 0 saturated carbocycles. The molecule has 5 heteroatoms. The van der Waals surface area contributed by atoms with Crippen LogP contribution in [0.2, 0.25) is 0 Å². The third-order valence-electron chi connectivity index (χ3n) is 7.11. The number of rotatable bonds is 13. The molecule has 0 aromatic heterocycles. The van der Waals surface area contributed by atoms with Crippen LogP contribution in [0.15, 0.2) is 60.7 Å². The molecule has 0 aliphatic carbocycles. The smallest absolute Gasteiger partial charge is 0.396 e. The van der Waals surface area contributed by atoms with Crippen LogP contribution >= 0.6 is 0 Å². The molecule has 0 unspecified atom stereocenters. The summed E-state index contributed by atoms with van der Waals surface area (Å²) in [7, 11) is 0. The van der Waals surface area contributed by atoms with Gasteiger partial charge in [-0.05, 0) is 83.5 Å². The predicted octanol–water partition coefficient (Wildman–Crippen LogP) is 8.26. The Morgan fingerprint density at radius 2 is 1.32 bits per heavy atom. The van der Waals surface area contributed by atoms with Gasteiger partial charge in [0.1, 0.15) is 0 Å². The molecule has 0 heterocycles. The fourth-order valence-electron chi connectivity index (χ4n) is 4.83. The topological polar surface area (TPSA) is 40.5 Å². The van der Waals surface area contributed by atoms with E-state index in [-0.39, 0.29) is 24.7 Å². The molecule has 0 radical (unpaired) electrons. The van der Waals surface area contributed by atoms with E-state index in [2.05, 4.69) is 31.2 Å². The predicted molar refractivity (Wildman–Crippen MR) is 146 cm³/mol. The van der Waals surface area contributed by atoms with Crippen molar-refractivity contribution in [2.45, 2.75) is 71.4 Å². The maximum absolute atomic E-state index is 14.1. The lowest BCUT2D eigenvalue weighted by Gasteiger charge is -2.17. The molecule has 3 rings (SSSR count). The van der Waals surface area contributed by atoms with Crippen LogP contribution in [0, 0.1) is 5.92 Å². The van der Waals surface area contributed by atoms with Crippen molar-refractivity contribution in [1.29, 1.82) is 0 Å². The summed E-state index contributed by atoms with van der Waals surface area (Å²) in [6.07, 6.45) is 2.54. The van der Waals surface area contributed by atoms with E-state index in [1.807, 2.05) is 19.1 Å². The zero-order valence-electron chi connectivity index (χ0n) is 22.0. The van der Waals surface area contributed by atoms with E-state index in [1.165, 1.54) is 30.9 Å². The minimum Gasteiger partial charge on any atom is -0.396 e. The summed E-state index contributed by atoms with van der Waals surface area (Å²) in [6, 6.07) is 18.7. The fourth-order valence-corrected chi connectivity index (χ4v) is 4.83. The minimum absolute atomic E-state index is 0.123. The number of hydrogen-bond donors (Lipinski definition) is 2. The van der Waals surface area contributed by atoms with E-state index in [9.17, 15) is 23.4 Å². The van der Waals surface area contributed by atoms with Crippen molar-refractivity contribution in [3.63, 3.8) is 0 Å². The number of halogens is 3. The molecule has 3 aromatic rings. The van der Waals surface area contributed by atoms with E-state index < -0.39 is 11.7 Å². The van der Waals surface area contributed by atoms with Gasteiger partial charge in [-0.15, -0.1) is 0 Å². The number of benzene rings is 3. The summed E-state index contributed by atoms with van der Waals surface area (Å²) < 4.78 is 42.2. The first-order valence-corrected chi connectivity index (χ1v) is 13.4. The third-order valence-corrected chi connectivity index (χ3v) is 7.11. The van der Waals surface area contributed by atoms with Crippen molar-refractivity contribution >= 4 is 0 Å². The Morgan fingerprint density at radius 1 is 0.703 bits per heavy atom. The minimum atomic E-state index is -4.47. The maximum Gasteiger partial charge on any atom is 0.417 e. The highest BCUT2D eigenvalue weighted by Gasteiger charge is 2.34. The van der Waals surface area contributed by atoms with Crippen LogP contribution in [-0.2, 0) is 25.4 Å². The van der Waals surface area contributed by atoms with Crippen LogP contribution in [0.4, 0.5) is 13.2 Å². The van der Waals surface area contributed by atoms with Gasteiger partial charge < -0.3 is 10.2 Å². The highest BCUT2D eigenvalue weighted by molar-refractivity contribution is 5.76. The molecule has 3 aromatic carbocycles. The van der Waals surface area contributed by atoms with Crippen LogP contribution in [0.5, 0.6) is 0 Å². The van der Waals surface area contributed by atoms with E-state index in [0.29, 0.717) is 30.4 Å². The van der Waals surface area contributed by atoms with Gasteiger partial charge in [-0.3, -0.25) is 0 Å². The SMILES string of the molecule is CCCCCc1ccc(-c2ccc(-c3ccc(CCCC(CO)CO)cc3C(F)(F)F)cc2CC)cc1. The molecule has 0 saturated heterocycles. The van der Waals surface area contributed by atoms with Crippen LogP contribution in [-0.4, -0.2) is 23.4 Å². The van der Waals surface area contributed by atoms with Gasteiger partial charge in [-0.2, -0.15) is 13.2 Å². The summed E-state index contributed by atoms with van der Waals surface area (Å²) in [5.41, 5.74) is 5.20. The van der Waals surface area contributed by atoms with Crippen molar-refractivity contribution in [2.75, 3.05) is 13.2 Å². The monoisotopic (exact) mass is 512 g/mol. The van der Waals surface area contributed by atoms with Crippen molar-refractivity contribution in [3.8, 4) is 22.3 Å². The molecule has 0 atom stereocenters. The van der Waals surface area contributed by atoms with E-state index in [1.54, 1.807) is 18.2 Å². The lowest BCUT2D eigenvalue weighted by molar-refractivity contribution is -0.137. The highest BCUT2D eigenvalue weighted by atomic mass is 19.4.